The number of hydrogen-bond acceptors (Lipinski definition) is 3. The van der Waals surface area contributed by atoms with Crippen LogP contribution in [0.25, 0.3) is 0 Å². The van der Waals surface area contributed by atoms with E-state index in [0.717, 1.165) is 19.3 Å². The van der Waals surface area contributed by atoms with E-state index in [4.69, 9.17) is 4.74 Å². The van der Waals surface area contributed by atoms with Gasteiger partial charge in [-0.3, -0.25) is 4.79 Å². The third kappa shape index (κ3) is 2.93. The number of rotatable bonds is 4. The summed E-state index contributed by atoms with van der Waals surface area (Å²) in [5.41, 5.74) is -0.239. The maximum Gasteiger partial charge on any atom is 0.244 e. The van der Waals surface area contributed by atoms with E-state index in [0.29, 0.717) is 30.9 Å². The Bertz CT molecular complexity index is 513. The minimum Gasteiger partial charge on any atom is -0.492 e. The molecule has 0 unspecified atom stereocenters. The molecule has 0 aromatic heterocycles. The van der Waals surface area contributed by atoms with E-state index in [1.165, 1.54) is 0 Å². The molecule has 0 saturated heterocycles. The van der Waals surface area contributed by atoms with E-state index in [2.05, 4.69) is 11.4 Å². The zero-order valence-electron chi connectivity index (χ0n) is 11.8. The molecule has 4 heteroatoms. The first-order valence-electron chi connectivity index (χ1n) is 7.16. The summed E-state index contributed by atoms with van der Waals surface area (Å²) in [5, 5.41) is 12.3. The third-order valence-corrected chi connectivity index (χ3v) is 3.79. The van der Waals surface area contributed by atoms with Gasteiger partial charge in [-0.25, -0.2) is 0 Å². The van der Waals surface area contributed by atoms with Crippen LogP contribution >= 0.6 is 0 Å². The molecule has 1 saturated carbocycles. The molecule has 0 heterocycles. The lowest BCUT2D eigenvalue weighted by atomic mass is 9.74. The Kier molecular flexibility index (Phi) is 4.62. The molecule has 1 aromatic rings. The molecular weight excluding hydrogens is 252 g/mol. The first-order valence-corrected chi connectivity index (χ1v) is 7.16. The number of nitrogens with zero attached hydrogens (tertiary/aromatic N) is 1. The molecule has 0 radical (unpaired) electrons. The average molecular weight is 272 g/mol. The number of carbonyl (C=O) groups is 1. The lowest BCUT2D eigenvalue weighted by Gasteiger charge is -2.29. The number of amides is 1. The van der Waals surface area contributed by atoms with Gasteiger partial charge in [-0.05, 0) is 31.9 Å². The SMILES string of the molecule is CCOc1ccccc1NC(=O)C1(C#N)CCCCC1. The number of anilines is 1. The Balaban J connectivity index is 2.17. The molecule has 4 nitrogen and oxygen atoms in total. The number of para-hydroxylation sites is 2. The van der Waals surface area contributed by atoms with E-state index < -0.39 is 5.41 Å². The highest BCUT2D eigenvalue weighted by molar-refractivity contribution is 5.98. The summed E-state index contributed by atoms with van der Waals surface area (Å²) in [4.78, 5) is 12.5. The zero-order valence-corrected chi connectivity index (χ0v) is 11.8. The number of nitriles is 1. The molecule has 1 fully saturated rings. The second kappa shape index (κ2) is 6.42. The van der Waals surface area contributed by atoms with Gasteiger partial charge < -0.3 is 10.1 Å². The fourth-order valence-corrected chi connectivity index (χ4v) is 2.64. The Morgan fingerprint density at radius 1 is 1.35 bits per heavy atom. The summed E-state index contributed by atoms with van der Waals surface area (Å²) < 4.78 is 5.49. The molecule has 1 aliphatic rings. The first-order chi connectivity index (χ1) is 9.72. The Morgan fingerprint density at radius 3 is 2.70 bits per heavy atom. The van der Waals surface area contributed by atoms with Crippen molar-refractivity contribution in [2.75, 3.05) is 11.9 Å². The molecule has 106 valence electrons. The average Bonchev–Trinajstić information content (AvgIpc) is 2.50. The van der Waals surface area contributed by atoms with Gasteiger partial charge in [0.25, 0.3) is 0 Å². The molecule has 0 atom stereocenters. The van der Waals surface area contributed by atoms with Crippen molar-refractivity contribution in [3.63, 3.8) is 0 Å². The van der Waals surface area contributed by atoms with E-state index in [-0.39, 0.29) is 5.91 Å². The van der Waals surface area contributed by atoms with Gasteiger partial charge in [0, 0.05) is 0 Å². The summed E-state index contributed by atoms with van der Waals surface area (Å²) >= 11 is 0. The van der Waals surface area contributed by atoms with Crippen LogP contribution < -0.4 is 10.1 Å². The van der Waals surface area contributed by atoms with Crippen molar-refractivity contribution >= 4 is 11.6 Å². The number of carbonyl (C=O) groups excluding carboxylic acids is 1. The van der Waals surface area contributed by atoms with Gasteiger partial charge in [-0.1, -0.05) is 31.4 Å². The predicted molar refractivity (Wildman–Crippen MR) is 77.4 cm³/mol. The Labute approximate surface area is 119 Å². The van der Waals surface area contributed by atoms with Crippen molar-refractivity contribution in [2.24, 2.45) is 5.41 Å². The molecule has 0 aliphatic heterocycles. The van der Waals surface area contributed by atoms with Crippen molar-refractivity contribution in [3.8, 4) is 11.8 Å². The number of ether oxygens (including phenoxy) is 1. The van der Waals surface area contributed by atoms with Crippen LogP contribution in [-0.4, -0.2) is 12.5 Å². The second-order valence-corrected chi connectivity index (χ2v) is 5.14. The molecule has 0 bridgehead atoms. The molecule has 1 aliphatic carbocycles. The van der Waals surface area contributed by atoms with Gasteiger partial charge in [-0.2, -0.15) is 5.26 Å². The normalized spacial score (nSPS) is 17.0. The van der Waals surface area contributed by atoms with Crippen LogP contribution in [0.5, 0.6) is 5.75 Å². The largest absolute Gasteiger partial charge is 0.492 e. The highest BCUT2D eigenvalue weighted by Crippen LogP contribution is 2.37. The summed E-state index contributed by atoms with van der Waals surface area (Å²) in [6, 6.07) is 9.56. The van der Waals surface area contributed by atoms with Crippen LogP contribution in [0.4, 0.5) is 5.69 Å². The van der Waals surface area contributed by atoms with Crippen molar-refractivity contribution in [1.29, 1.82) is 5.26 Å². The molecule has 1 aromatic carbocycles. The monoisotopic (exact) mass is 272 g/mol. The molecule has 0 spiro atoms. The third-order valence-electron chi connectivity index (χ3n) is 3.79. The molecule has 1 amide bonds. The standard InChI is InChI=1S/C16H20N2O2/c1-2-20-14-9-5-4-8-13(14)18-15(19)16(12-17)10-6-3-7-11-16/h4-5,8-9H,2-3,6-7,10-11H2,1H3,(H,18,19). The van der Waals surface area contributed by atoms with Gasteiger partial charge in [0.05, 0.1) is 18.4 Å². The van der Waals surface area contributed by atoms with E-state index in [1.54, 1.807) is 6.07 Å². The Hall–Kier alpha value is -2.02. The molecule has 20 heavy (non-hydrogen) atoms. The van der Waals surface area contributed by atoms with Crippen molar-refractivity contribution in [1.82, 2.24) is 0 Å². The zero-order chi connectivity index (χ0) is 14.4. The van der Waals surface area contributed by atoms with Gasteiger partial charge in [-0.15, -0.1) is 0 Å². The highest BCUT2D eigenvalue weighted by Gasteiger charge is 2.40. The van der Waals surface area contributed by atoms with Crippen molar-refractivity contribution in [2.45, 2.75) is 39.0 Å². The van der Waals surface area contributed by atoms with E-state index in [9.17, 15) is 10.1 Å². The number of nitrogens with one attached hydrogen (secondary N) is 1. The van der Waals surface area contributed by atoms with Crippen molar-refractivity contribution < 1.29 is 9.53 Å². The predicted octanol–water partition coefficient (Wildman–Crippen LogP) is 3.50. The minimum atomic E-state index is -0.877. The summed E-state index contributed by atoms with van der Waals surface area (Å²) in [6.45, 7) is 2.44. The van der Waals surface area contributed by atoms with Crippen LogP contribution in [0.3, 0.4) is 0 Å². The van der Waals surface area contributed by atoms with Gasteiger partial charge in [0.1, 0.15) is 11.2 Å². The molecular formula is C16H20N2O2. The summed E-state index contributed by atoms with van der Waals surface area (Å²) in [5.74, 6) is 0.444. The lowest BCUT2D eigenvalue weighted by molar-refractivity contribution is -0.124. The fourth-order valence-electron chi connectivity index (χ4n) is 2.64. The van der Waals surface area contributed by atoms with Crippen molar-refractivity contribution in [3.05, 3.63) is 24.3 Å². The maximum atomic E-state index is 12.5. The van der Waals surface area contributed by atoms with E-state index >= 15 is 0 Å². The smallest absolute Gasteiger partial charge is 0.244 e. The molecule has 2 rings (SSSR count). The van der Waals surface area contributed by atoms with Gasteiger partial charge >= 0.3 is 0 Å². The van der Waals surface area contributed by atoms with E-state index in [1.807, 2.05) is 25.1 Å². The van der Waals surface area contributed by atoms with Gasteiger partial charge in [0.15, 0.2) is 0 Å². The summed E-state index contributed by atoms with van der Waals surface area (Å²) in [7, 11) is 0. The molecule has 1 N–H and O–H groups in total. The van der Waals surface area contributed by atoms with Crippen LogP contribution in [0.15, 0.2) is 24.3 Å². The highest BCUT2D eigenvalue weighted by atomic mass is 16.5. The first kappa shape index (κ1) is 14.4. The quantitative estimate of drug-likeness (QED) is 0.912. The lowest BCUT2D eigenvalue weighted by Crippen LogP contribution is -2.36. The van der Waals surface area contributed by atoms with Gasteiger partial charge in [0.2, 0.25) is 5.91 Å². The summed E-state index contributed by atoms with van der Waals surface area (Å²) in [6.07, 6.45) is 4.27. The topological polar surface area (TPSA) is 62.1 Å². The Morgan fingerprint density at radius 2 is 2.05 bits per heavy atom. The van der Waals surface area contributed by atoms with Crippen LogP contribution in [-0.2, 0) is 4.79 Å². The number of benzene rings is 1. The second-order valence-electron chi connectivity index (χ2n) is 5.14. The minimum absolute atomic E-state index is 0.202. The number of hydrogen-bond donors (Lipinski definition) is 1. The van der Waals surface area contributed by atoms with Crippen LogP contribution in [0, 0.1) is 16.7 Å². The fraction of sp³-hybridized carbons (Fsp3) is 0.500. The van der Waals surface area contributed by atoms with Crippen LogP contribution in [0.2, 0.25) is 0 Å². The van der Waals surface area contributed by atoms with Crippen LogP contribution in [0.1, 0.15) is 39.0 Å². The maximum absolute atomic E-state index is 12.5.